The maximum Gasteiger partial charge on any atom is 0.231 e. The number of benzene rings is 2. The first-order chi connectivity index (χ1) is 11.4. The lowest BCUT2D eigenvalue weighted by Gasteiger charge is -2.15. The minimum atomic E-state index is -0.174. The van der Waals surface area contributed by atoms with Crippen LogP contribution in [0.25, 0.3) is 0 Å². The number of nitrogens with one attached hydrogen (secondary N) is 1. The normalized spacial score (nSPS) is 12.1. The zero-order chi connectivity index (χ0) is 17.7. The predicted molar refractivity (Wildman–Crippen MR) is 103 cm³/mol. The van der Waals surface area contributed by atoms with Crippen LogP contribution in [0.2, 0.25) is 0 Å². The highest BCUT2D eigenvalue weighted by Crippen LogP contribution is 2.21. The Morgan fingerprint density at radius 1 is 0.958 bits per heavy atom. The summed E-state index contributed by atoms with van der Waals surface area (Å²) in [6.45, 7) is 6.37. The molecule has 3 heteroatoms. The van der Waals surface area contributed by atoms with Crippen molar-refractivity contribution in [2.75, 3.05) is 24.3 Å². The van der Waals surface area contributed by atoms with Crippen LogP contribution >= 0.6 is 0 Å². The third-order valence-corrected chi connectivity index (χ3v) is 4.17. The largest absolute Gasteiger partial charge is 0.378 e. The van der Waals surface area contributed by atoms with Gasteiger partial charge in [-0.1, -0.05) is 38.1 Å². The summed E-state index contributed by atoms with van der Waals surface area (Å²) in [6, 6.07) is 16.3. The highest BCUT2D eigenvalue weighted by molar-refractivity contribution is 5.95. The van der Waals surface area contributed by atoms with Crippen LogP contribution in [-0.2, 0) is 11.2 Å². The number of hydrogen-bond donors (Lipinski definition) is 1. The van der Waals surface area contributed by atoms with Gasteiger partial charge in [-0.2, -0.15) is 0 Å². The lowest BCUT2D eigenvalue weighted by atomic mass is 9.96. The first-order valence-electron chi connectivity index (χ1n) is 8.54. The summed E-state index contributed by atoms with van der Waals surface area (Å²) in [5, 5.41) is 3.00. The molecule has 0 heterocycles. The summed E-state index contributed by atoms with van der Waals surface area (Å²) < 4.78 is 0. The fourth-order valence-corrected chi connectivity index (χ4v) is 2.66. The van der Waals surface area contributed by atoms with E-state index < -0.39 is 0 Å². The van der Waals surface area contributed by atoms with Crippen molar-refractivity contribution in [2.45, 2.75) is 33.1 Å². The number of anilines is 2. The van der Waals surface area contributed by atoms with Crippen molar-refractivity contribution >= 4 is 17.3 Å². The minimum absolute atomic E-state index is 0.0178. The van der Waals surface area contributed by atoms with Crippen molar-refractivity contribution in [3.63, 3.8) is 0 Å². The number of nitrogens with zero attached hydrogens (tertiary/aromatic N) is 1. The van der Waals surface area contributed by atoms with Gasteiger partial charge in [0.2, 0.25) is 5.91 Å². The van der Waals surface area contributed by atoms with Crippen molar-refractivity contribution in [3.05, 3.63) is 59.7 Å². The summed E-state index contributed by atoms with van der Waals surface area (Å²) in [5.74, 6) is 0.484. The molecule has 1 atom stereocenters. The van der Waals surface area contributed by atoms with Crippen molar-refractivity contribution in [2.24, 2.45) is 5.92 Å². The zero-order valence-corrected chi connectivity index (χ0v) is 15.3. The summed E-state index contributed by atoms with van der Waals surface area (Å²) in [5.41, 5.74) is 4.31. The van der Waals surface area contributed by atoms with E-state index in [9.17, 15) is 4.79 Å². The Hall–Kier alpha value is -2.29. The summed E-state index contributed by atoms with van der Waals surface area (Å²) in [4.78, 5) is 14.5. The van der Waals surface area contributed by atoms with E-state index >= 15 is 0 Å². The van der Waals surface area contributed by atoms with E-state index in [1.54, 1.807) is 0 Å². The van der Waals surface area contributed by atoms with Crippen LogP contribution in [0.3, 0.4) is 0 Å². The van der Waals surface area contributed by atoms with E-state index in [4.69, 9.17) is 0 Å². The Kier molecular flexibility index (Phi) is 6.02. The molecule has 1 N–H and O–H groups in total. The number of rotatable bonds is 6. The summed E-state index contributed by atoms with van der Waals surface area (Å²) >= 11 is 0. The molecule has 24 heavy (non-hydrogen) atoms. The molecule has 128 valence electrons. The van der Waals surface area contributed by atoms with Gasteiger partial charge in [0.05, 0.1) is 5.92 Å². The van der Waals surface area contributed by atoms with Gasteiger partial charge in [-0.15, -0.1) is 0 Å². The second-order valence-electron chi connectivity index (χ2n) is 6.99. The third-order valence-electron chi connectivity index (χ3n) is 4.17. The van der Waals surface area contributed by atoms with Gasteiger partial charge in [-0.3, -0.25) is 4.79 Å². The van der Waals surface area contributed by atoms with Crippen LogP contribution in [0.4, 0.5) is 11.4 Å². The summed E-state index contributed by atoms with van der Waals surface area (Å²) in [7, 11) is 4.00. The van der Waals surface area contributed by atoms with Crippen LogP contribution in [0, 0.1) is 5.92 Å². The highest BCUT2D eigenvalue weighted by atomic mass is 16.1. The van der Waals surface area contributed by atoms with Crippen molar-refractivity contribution in [1.29, 1.82) is 0 Å². The number of hydrogen-bond acceptors (Lipinski definition) is 2. The van der Waals surface area contributed by atoms with Crippen molar-refractivity contribution in [1.82, 2.24) is 0 Å². The SMILES string of the molecule is CC(C)Cc1ccc(C(C)C(=O)Nc2ccc(N(C)C)cc2)cc1. The second-order valence-corrected chi connectivity index (χ2v) is 6.99. The van der Waals surface area contributed by atoms with Gasteiger partial charge in [-0.05, 0) is 54.7 Å². The second kappa shape index (κ2) is 8.00. The Bertz CT molecular complexity index is 657. The summed E-state index contributed by atoms with van der Waals surface area (Å²) in [6.07, 6.45) is 1.07. The van der Waals surface area contributed by atoms with Crippen molar-refractivity contribution < 1.29 is 4.79 Å². The number of carbonyl (C=O) groups excluding carboxylic acids is 1. The molecule has 0 bridgehead atoms. The molecule has 0 fully saturated rings. The molecule has 0 aliphatic heterocycles. The zero-order valence-electron chi connectivity index (χ0n) is 15.3. The average Bonchev–Trinajstić information content (AvgIpc) is 2.54. The molecule has 1 unspecified atom stereocenters. The molecule has 0 aliphatic rings. The van der Waals surface area contributed by atoms with Crippen LogP contribution < -0.4 is 10.2 Å². The molecule has 0 saturated carbocycles. The van der Waals surface area contributed by atoms with Crippen LogP contribution in [0.5, 0.6) is 0 Å². The molecular weight excluding hydrogens is 296 g/mol. The van der Waals surface area contributed by atoms with E-state index in [0.29, 0.717) is 5.92 Å². The third kappa shape index (κ3) is 4.85. The van der Waals surface area contributed by atoms with Gasteiger partial charge in [0.25, 0.3) is 0 Å². The van der Waals surface area contributed by atoms with E-state index in [2.05, 4.69) is 43.4 Å². The predicted octanol–water partition coefficient (Wildman–Crippen LogP) is 4.69. The van der Waals surface area contributed by atoms with Gasteiger partial charge in [-0.25, -0.2) is 0 Å². The maximum absolute atomic E-state index is 12.5. The first-order valence-corrected chi connectivity index (χ1v) is 8.54. The molecule has 3 nitrogen and oxygen atoms in total. The molecular formula is C21H28N2O. The maximum atomic E-state index is 12.5. The van der Waals surface area contributed by atoms with Crippen molar-refractivity contribution in [3.8, 4) is 0 Å². The van der Waals surface area contributed by atoms with Crippen LogP contribution in [0.1, 0.15) is 37.8 Å². The van der Waals surface area contributed by atoms with E-state index in [0.717, 1.165) is 23.4 Å². The molecule has 0 spiro atoms. The van der Waals surface area contributed by atoms with E-state index in [1.165, 1.54) is 5.56 Å². The van der Waals surface area contributed by atoms with Gasteiger partial charge >= 0.3 is 0 Å². The van der Waals surface area contributed by atoms with Gasteiger partial charge < -0.3 is 10.2 Å². The van der Waals surface area contributed by atoms with Crippen LogP contribution in [0.15, 0.2) is 48.5 Å². The molecule has 0 radical (unpaired) electrons. The number of amides is 1. The van der Waals surface area contributed by atoms with E-state index in [-0.39, 0.29) is 11.8 Å². The first kappa shape index (κ1) is 18.1. The molecule has 0 aliphatic carbocycles. The Balaban J connectivity index is 2.01. The average molecular weight is 324 g/mol. The Labute approximate surface area is 145 Å². The fourth-order valence-electron chi connectivity index (χ4n) is 2.66. The monoisotopic (exact) mass is 324 g/mol. The van der Waals surface area contributed by atoms with Gasteiger partial charge in [0, 0.05) is 25.5 Å². The Morgan fingerprint density at radius 3 is 2.04 bits per heavy atom. The molecule has 2 aromatic rings. The van der Waals surface area contributed by atoms with Gasteiger partial charge in [0.15, 0.2) is 0 Å². The quantitative estimate of drug-likeness (QED) is 0.836. The smallest absolute Gasteiger partial charge is 0.231 e. The minimum Gasteiger partial charge on any atom is -0.378 e. The lowest BCUT2D eigenvalue weighted by molar-refractivity contribution is -0.117. The standard InChI is InChI=1S/C21H28N2O/c1-15(2)14-17-6-8-18(9-7-17)16(3)21(24)22-19-10-12-20(13-11-19)23(4)5/h6-13,15-16H,14H2,1-5H3,(H,22,24). The highest BCUT2D eigenvalue weighted by Gasteiger charge is 2.15. The molecule has 2 aromatic carbocycles. The van der Waals surface area contributed by atoms with Gasteiger partial charge in [0.1, 0.15) is 0 Å². The Morgan fingerprint density at radius 2 is 1.54 bits per heavy atom. The lowest BCUT2D eigenvalue weighted by Crippen LogP contribution is -2.19. The molecule has 1 amide bonds. The number of carbonyl (C=O) groups is 1. The van der Waals surface area contributed by atoms with E-state index in [1.807, 2.05) is 50.2 Å². The molecule has 0 saturated heterocycles. The van der Waals surface area contributed by atoms with Crippen LogP contribution in [-0.4, -0.2) is 20.0 Å². The topological polar surface area (TPSA) is 32.3 Å². The fraction of sp³-hybridized carbons (Fsp3) is 0.381. The molecule has 2 rings (SSSR count). The molecule has 0 aromatic heterocycles.